The molecule has 0 aromatic heterocycles. The number of fused-ring (bicyclic) bond motifs is 5. The zero-order valence-electron chi connectivity index (χ0n) is 16.4. The maximum atomic E-state index is 12.7. The zero-order valence-corrected chi connectivity index (χ0v) is 17.2. The quantitative estimate of drug-likeness (QED) is 0.403. The van der Waals surface area contributed by atoms with Crippen molar-refractivity contribution in [3.63, 3.8) is 0 Å². The first-order chi connectivity index (χ1) is 14.3. The summed E-state index contributed by atoms with van der Waals surface area (Å²) in [7, 11) is 0. The number of halogens is 1. The van der Waals surface area contributed by atoms with Gasteiger partial charge in [-0.15, -0.1) is 0 Å². The lowest BCUT2D eigenvalue weighted by Crippen LogP contribution is -2.28. The Balaban J connectivity index is 1.57. The maximum absolute atomic E-state index is 12.7. The molecule has 1 aliphatic heterocycles. The van der Waals surface area contributed by atoms with Gasteiger partial charge in [0.2, 0.25) is 0 Å². The molecule has 1 saturated carbocycles. The third-order valence-electron chi connectivity index (χ3n) is 5.74. The summed E-state index contributed by atoms with van der Waals surface area (Å²) in [6.07, 6.45) is 5.15. The minimum absolute atomic E-state index is 0.107. The van der Waals surface area contributed by atoms with Gasteiger partial charge in [0.05, 0.1) is 29.7 Å². The van der Waals surface area contributed by atoms with Gasteiger partial charge in [0.25, 0.3) is 11.8 Å². The molecule has 0 radical (unpaired) electrons. The van der Waals surface area contributed by atoms with Crippen molar-refractivity contribution in [3.8, 4) is 11.5 Å². The smallest absolute Gasteiger partial charge is 0.344 e. The van der Waals surface area contributed by atoms with Gasteiger partial charge in [0.15, 0.2) is 17.6 Å². The van der Waals surface area contributed by atoms with Gasteiger partial charge in [0, 0.05) is 0 Å². The minimum Gasteiger partial charge on any atom is -0.490 e. The van der Waals surface area contributed by atoms with E-state index in [1.165, 1.54) is 19.2 Å². The van der Waals surface area contributed by atoms with Crippen LogP contribution in [-0.4, -0.2) is 46.8 Å². The molecule has 8 nitrogen and oxygen atoms in total. The Labute approximate surface area is 178 Å². The number of ether oxygens (including phenoxy) is 2. The van der Waals surface area contributed by atoms with Crippen LogP contribution >= 0.6 is 11.6 Å². The van der Waals surface area contributed by atoms with Gasteiger partial charge < -0.3 is 14.6 Å². The molecule has 3 aliphatic rings. The number of benzene rings is 1. The predicted molar refractivity (Wildman–Crippen MR) is 108 cm³/mol. The molecule has 9 heteroatoms. The number of hydrogen-bond acceptors (Lipinski definition) is 6. The Hall–Kier alpha value is -2.87. The topological polar surface area (TPSA) is 106 Å². The molecule has 2 bridgehead atoms. The number of carboxylic acids is 1. The summed E-state index contributed by atoms with van der Waals surface area (Å²) in [5.74, 6) is -1.74. The van der Waals surface area contributed by atoms with E-state index in [2.05, 4.69) is 5.10 Å². The lowest BCUT2D eigenvalue weighted by atomic mass is 9.85. The molecule has 1 N–H and O–H groups in total. The number of amides is 2. The number of carbonyl (C=O) groups is 3. The van der Waals surface area contributed by atoms with Crippen LogP contribution in [0.4, 0.5) is 0 Å². The van der Waals surface area contributed by atoms with Crippen LogP contribution in [0, 0.1) is 23.7 Å². The van der Waals surface area contributed by atoms with E-state index in [9.17, 15) is 14.4 Å². The van der Waals surface area contributed by atoms with Crippen molar-refractivity contribution in [2.24, 2.45) is 28.8 Å². The van der Waals surface area contributed by atoms with E-state index in [1.54, 1.807) is 13.0 Å². The molecule has 1 aromatic carbocycles. The Bertz CT molecular complexity index is 944. The summed E-state index contributed by atoms with van der Waals surface area (Å²) in [4.78, 5) is 36.5. The maximum Gasteiger partial charge on any atom is 0.344 e. The van der Waals surface area contributed by atoms with Crippen LogP contribution in [0.15, 0.2) is 29.4 Å². The second kappa shape index (κ2) is 7.75. The molecule has 1 heterocycles. The fourth-order valence-corrected chi connectivity index (χ4v) is 4.66. The van der Waals surface area contributed by atoms with Crippen molar-refractivity contribution in [2.45, 2.75) is 26.4 Å². The fraction of sp³-hybridized carbons (Fsp3) is 0.429. The molecule has 0 spiro atoms. The Morgan fingerprint density at radius 3 is 2.50 bits per heavy atom. The van der Waals surface area contributed by atoms with E-state index >= 15 is 0 Å². The van der Waals surface area contributed by atoms with Crippen LogP contribution in [0.2, 0.25) is 5.02 Å². The number of allylic oxidation sites excluding steroid dienone is 2. The van der Waals surface area contributed by atoms with Crippen molar-refractivity contribution in [1.82, 2.24) is 5.01 Å². The van der Waals surface area contributed by atoms with E-state index in [0.717, 1.165) is 11.4 Å². The monoisotopic (exact) mass is 432 g/mol. The average Bonchev–Trinajstić information content (AvgIpc) is 3.37. The van der Waals surface area contributed by atoms with Gasteiger partial charge in [-0.2, -0.15) is 10.1 Å². The third-order valence-corrected chi connectivity index (χ3v) is 6.02. The van der Waals surface area contributed by atoms with Gasteiger partial charge in [-0.1, -0.05) is 23.8 Å². The first-order valence-corrected chi connectivity index (χ1v) is 10.2. The number of carboxylic acid groups (broad SMARTS) is 1. The molecule has 4 rings (SSSR count). The summed E-state index contributed by atoms with van der Waals surface area (Å²) in [6, 6.07) is 3.08. The summed E-state index contributed by atoms with van der Waals surface area (Å²) < 4.78 is 10.9. The molecule has 30 heavy (non-hydrogen) atoms. The molecule has 5 unspecified atom stereocenters. The van der Waals surface area contributed by atoms with Crippen molar-refractivity contribution in [3.05, 3.63) is 34.9 Å². The number of nitrogens with zero attached hydrogens (tertiary/aromatic N) is 2. The Kier molecular flexibility index (Phi) is 5.27. The van der Waals surface area contributed by atoms with Crippen molar-refractivity contribution in [1.29, 1.82) is 0 Å². The molecule has 5 atom stereocenters. The predicted octanol–water partition coefficient (Wildman–Crippen LogP) is 2.73. The van der Waals surface area contributed by atoms with Gasteiger partial charge in [0.1, 0.15) is 0 Å². The fourth-order valence-electron chi connectivity index (χ4n) is 4.39. The zero-order chi connectivity index (χ0) is 21.6. The highest BCUT2D eigenvalue weighted by Crippen LogP contribution is 2.52. The Morgan fingerprint density at radius 2 is 1.93 bits per heavy atom. The number of imide groups is 1. The van der Waals surface area contributed by atoms with Gasteiger partial charge >= 0.3 is 5.97 Å². The third kappa shape index (κ3) is 3.35. The highest BCUT2D eigenvalue weighted by Gasteiger charge is 2.59. The summed E-state index contributed by atoms with van der Waals surface area (Å²) >= 11 is 6.28. The SMILES string of the molecule is CCOc1cc(C=NN2C(=O)C3C4C=CC(C4)C3C2=O)cc(Cl)c1OC(C)C(=O)O. The first kappa shape index (κ1) is 20.4. The van der Waals surface area contributed by atoms with Gasteiger partial charge in [-0.25, -0.2) is 4.79 Å². The average molecular weight is 433 g/mol. The minimum atomic E-state index is -1.14. The van der Waals surface area contributed by atoms with Crippen LogP contribution in [0.3, 0.4) is 0 Å². The van der Waals surface area contributed by atoms with Crippen LogP contribution in [0.25, 0.3) is 0 Å². The van der Waals surface area contributed by atoms with Crippen molar-refractivity contribution < 1.29 is 29.0 Å². The number of hydrogen-bond donors (Lipinski definition) is 1. The van der Waals surface area contributed by atoms with E-state index in [1.807, 2.05) is 12.2 Å². The second-order valence-electron chi connectivity index (χ2n) is 7.59. The second-order valence-corrected chi connectivity index (χ2v) is 8.00. The largest absolute Gasteiger partial charge is 0.490 e. The highest BCUT2D eigenvalue weighted by atomic mass is 35.5. The van der Waals surface area contributed by atoms with E-state index in [-0.39, 0.29) is 52.0 Å². The van der Waals surface area contributed by atoms with E-state index in [4.69, 9.17) is 26.2 Å². The van der Waals surface area contributed by atoms with E-state index < -0.39 is 12.1 Å². The lowest BCUT2D eigenvalue weighted by molar-refractivity contribution is -0.144. The van der Waals surface area contributed by atoms with Crippen LogP contribution in [0.1, 0.15) is 25.8 Å². The number of hydrazone groups is 1. The molecule has 158 valence electrons. The molecular formula is C21H21ClN2O6. The van der Waals surface area contributed by atoms with Gasteiger partial charge in [-0.3, -0.25) is 9.59 Å². The molecule has 2 fully saturated rings. The first-order valence-electron chi connectivity index (χ1n) is 9.77. The van der Waals surface area contributed by atoms with Crippen molar-refractivity contribution >= 4 is 35.6 Å². The normalized spacial score (nSPS) is 27.8. The lowest BCUT2D eigenvalue weighted by Gasteiger charge is -2.17. The molecular weight excluding hydrogens is 412 g/mol. The van der Waals surface area contributed by atoms with Crippen LogP contribution in [-0.2, 0) is 14.4 Å². The summed E-state index contributed by atoms with van der Waals surface area (Å²) in [5.41, 5.74) is 0.484. The van der Waals surface area contributed by atoms with Crippen LogP contribution < -0.4 is 9.47 Å². The Morgan fingerprint density at radius 1 is 1.30 bits per heavy atom. The standard InChI is InChI=1S/C21H21ClN2O6/c1-3-29-15-7-11(6-14(22)18(15)30-10(2)21(27)28)9-23-24-19(25)16-12-4-5-13(8-12)17(16)20(24)26/h4-7,9-10,12-13,16-17H,3,8H2,1-2H3,(H,27,28). The van der Waals surface area contributed by atoms with E-state index in [0.29, 0.717) is 12.2 Å². The highest BCUT2D eigenvalue weighted by molar-refractivity contribution is 6.32. The number of carbonyl (C=O) groups excluding carboxylic acids is 2. The molecule has 1 saturated heterocycles. The molecule has 1 aromatic rings. The summed E-state index contributed by atoms with van der Waals surface area (Å²) in [5, 5.41) is 14.3. The number of aliphatic carboxylic acids is 1. The van der Waals surface area contributed by atoms with Crippen molar-refractivity contribution in [2.75, 3.05) is 6.61 Å². The van der Waals surface area contributed by atoms with Crippen LogP contribution in [0.5, 0.6) is 11.5 Å². The molecule has 2 amide bonds. The number of rotatable bonds is 7. The molecule has 2 aliphatic carbocycles. The summed E-state index contributed by atoms with van der Waals surface area (Å²) in [6.45, 7) is 3.45. The van der Waals surface area contributed by atoms with Gasteiger partial charge in [-0.05, 0) is 49.8 Å².